The molecule has 0 aliphatic rings. The summed E-state index contributed by atoms with van der Waals surface area (Å²) in [5.41, 5.74) is 17.6. The van der Waals surface area contributed by atoms with Gasteiger partial charge in [0.25, 0.3) is 0 Å². The molecule has 2 aromatic carbocycles. The van der Waals surface area contributed by atoms with E-state index in [-0.39, 0.29) is 5.95 Å². The van der Waals surface area contributed by atoms with Gasteiger partial charge in [0, 0.05) is 36.0 Å². The van der Waals surface area contributed by atoms with Crippen molar-refractivity contribution in [1.29, 1.82) is 0 Å². The van der Waals surface area contributed by atoms with Crippen LogP contribution in [0, 0.1) is 13.8 Å². The molecule has 0 atom stereocenters. The number of aryl methyl sites for hydroxylation is 1. The maximum Gasteiger partial charge on any atom is 0.222 e. The molecule has 0 radical (unpaired) electrons. The van der Waals surface area contributed by atoms with Crippen molar-refractivity contribution in [2.75, 3.05) is 29.5 Å². The largest absolute Gasteiger partial charge is 0.383 e. The van der Waals surface area contributed by atoms with Crippen LogP contribution in [0.15, 0.2) is 53.6 Å². The number of hydrogen-bond donors (Lipinski definition) is 5. The Kier molecular flexibility index (Phi) is 6.13. The van der Waals surface area contributed by atoms with E-state index in [0.29, 0.717) is 24.7 Å². The lowest BCUT2D eigenvalue weighted by Gasteiger charge is -2.12. The third-order valence-corrected chi connectivity index (χ3v) is 4.70. The number of nitrogens with one attached hydrogen (secondary N) is 2. The molecule has 1 aromatic heterocycles. The van der Waals surface area contributed by atoms with E-state index in [1.54, 1.807) is 0 Å². The monoisotopic (exact) mass is 390 g/mol. The van der Waals surface area contributed by atoms with Crippen molar-refractivity contribution in [2.45, 2.75) is 13.8 Å². The van der Waals surface area contributed by atoms with Crippen molar-refractivity contribution < 1.29 is 0 Å². The molecule has 1 heterocycles. The highest BCUT2D eigenvalue weighted by atomic mass is 15.2. The summed E-state index contributed by atoms with van der Waals surface area (Å²) in [7, 11) is 0. The molecule has 3 rings (SSSR count). The van der Waals surface area contributed by atoms with Gasteiger partial charge in [0.15, 0.2) is 0 Å². The number of hydrazone groups is 1. The SMILES string of the molecule is Cc1cccc(-c2cc(NCCNc3ccc(/C(N)=N/N)cc3)nc(N)n2)c1C. The molecule has 0 bridgehead atoms. The molecule has 0 spiro atoms. The Morgan fingerprint density at radius 3 is 2.45 bits per heavy atom. The highest BCUT2D eigenvalue weighted by Gasteiger charge is 2.08. The van der Waals surface area contributed by atoms with Gasteiger partial charge in [-0.3, -0.25) is 0 Å². The topological polar surface area (TPSA) is 140 Å². The summed E-state index contributed by atoms with van der Waals surface area (Å²) in [6.07, 6.45) is 0. The first kappa shape index (κ1) is 19.9. The van der Waals surface area contributed by atoms with Crippen LogP contribution in [0.3, 0.4) is 0 Å². The van der Waals surface area contributed by atoms with E-state index in [1.807, 2.05) is 42.5 Å². The van der Waals surface area contributed by atoms with Crippen LogP contribution in [-0.4, -0.2) is 28.9 Å². The van der Waals surface area contributed by atoms with E-state index in [9.17, 15) is 0 Å². The fourth-order valence-corrected chi connectivity index (χ4v) is 2.95. The fraction of sp³-hybridized carbons (Fsp3) is 0.190. The van der Waals surface area contributed by atoms with Gasteiger partial charge in [0.2, 0.25) is 5.95 Å². The fourth-order valence-electron chi connectivity index (χ4n) is 2.95. The standard InChI is InChI=1S/C21H26N8/c1-13-4-3-5-17(14(13)2)18-12-19(28-21(23)27-18)26-11-10-25-16-8-6-15(7-9-16)20(22)29-24/h3-9,12,25H,10-11,24H2,1-2H3,(H2,22,29)(H3,23,26,27,28). The van der Waals surface area contributed by atoms with Crippen molar-refractivity contribution >= 4 is 23.3 Å². The molecule has 29 heavy (non-hydrogen) atoms. The van der Waals surface area contributed by atoms with Crippen molar-refractivity contribution in [1.82, 2.24) is 9.97 Å². The van der Waals surface area contributed by atoms with Crippen LogP contribution in [0.25, 0.3) is 11.3 Å². The maximum absolute atomic E-state index is 5.92. The van der Waals surface area contributed by atoms with E-state index < -0.39 is 0 Å². The van der Waals surface area contributed by atoms with Crippen molar-refractivity contribution in [3.8, 4) is 11.3 Å². The average molecular weight is 390 g/mol. The molecule has 150 valence electrons. The van der Waals surface area contributed by atoms with E-state index in [1.165, 1.54) is 11.1 Å². The van der Waals surface area contributed by atoms with Gasteiger partial charge in [-0.2, -0.15) is 10.1 Å². The number of aromatic nitrogens is 2. The first-order chi connectivity index (χ1) is 14.0. The first-order valence-electron chi connectivity index (χ1n) is 9.30. The quantitative estimate of drug-likeness (QED) is 0.137. The van der Waals surface area contributed by atoms with E-state index >= 15 is 0 Å². The second-order valence-electron chi connectivity index (χ2n) is 6.69. The Morgan fingerprint density at radius 2 is 1.72 bits per heavy atom. The molecular formula is C21H26N8. The van der Waals surface area contributed by atoms with Crippen molar-refractivity contribution in [2.24, 2.45) is 16.7 Å². The van der Waals surface area contributed by atoms with Crippen LogP contribution in [0.4, 0.5) is 17.5 Å². The summed E-state index contributed by atoms with van der Waals surface area (Å²) in [5, 5.41) is 10.1. The molecule has 0 amide bonds. The molecule has 3 aromatic rings. The van der Waals surface area contributed by atoms with Crippen LogP contribution in [-0.2, 0) is 0 Å². The molecule has 0 saturated heterocycles. The zero-order chi connectivity index (χ0) is 20.8. The van der Waals surface area contributed by atoms with E-state index in [0.717, 1.165) is 22.5 Å². The Balaban J connectivity index is 1.61. The summed E-state index contributed by atoms with van der Waals surface area (Å²) in [4.78, 5) is 8.68. The van der Waals surface area contributed by atoms with Gasteiger partial charge in [-0.25, -0.2) is 4.98 Å². The number of nitrogens with two attached hydrogens (primary N) is 3. The minimum Gasteiger partial charge on any atom is -0.383 e. The number of benzene rings is 2. The normalized spacial score (nSPS) is 11.3. The van der Waals surface area contributed by atoms with Gasteiger partial charge in [0.1, 0.15) is 11.7 Å². The van der Waals surface area contributed by atoms with Gasteiger partial charge < -0.3 is 27.9 Å². The smallest absolute Gasteiger partial charge is 0.222 e. The van der Waals surface area contributed by atoms with Gasteiger partial charge in [-0.1, -0.05) is 18.2 Å². The van der Waals surface area contributed by atoms with Gasteiger partial charge in [-0.15, -0.1) is 0 Å². The summed E-state index contributed by atoms with van der Waals surface area (Å²) < 4.78 is 0. The zero-order valence-corrected chi connectivity index (χ0v) is 16.6. The van der Waals surface area contributed by atoms with Gasteiger partial charge in [-0.05, 0) is 49.2 Å². The minimum absolute atomic E-state index is 0.244. The second kappa shape index (κ2) is 8.92. The molecule has 0 aliphatic heterocycles. The number of amidine groups is 1. The minimum atomic E-state index is 0.244. The number of hydrogen-bond acceptors (Lipinski definition) is 7. The average Bonchev–Trinajstić information content (AvgIpc) is 2.72. The lowest BCUT2D eigenvalue weighted by molar-refractivity contribution is 1.05. The summed E-state index contributed by atoms with van der Waals surface area (Å²) in [6, 6.07) is 15.6. The summed E-state index contributed by atoms with van der Waals surface area (Å²) >= 11 is 0. The van der Waals surface area contributed by atoms with E-state index in [2.05, 4.69) is 45.6 Å². The number of anilines is 3. The predicted molar refractivity (Wildman–Crippen MR) is 120 cm³/mol. The third kappa shape index (κ3) is 4.92. The predicted octanol–water partition coefficient (Wildman–Crippen LogP) is 2.45. The van der Waals surface area contributed by atoms with Crippen LogP contribution < -0.4 is 27.9 Å². The maximum atomic E-state index is 5.92. The number of nitrogen functional groups attached to an aromatic ring is 1. The molecule has 0 saturated carbocycles. The van der Waals surface area contributed by atoms with E-state index in [4.69, 9.17) is 17.3 Å². The lowest BCUT2D eigenvalue weighted by Crippen LogP contribution is -2.16. The Hall–Kier alpha value is -3.81. The van der Waals surface area contributed by atoms with Crippen LogP contribution >= 0.6 is 0 Å². The highest BCUT2D eigenvalue weighted by Crippen LogP contribution is 2.25. The zero-order valence-electron chi connectivity index (χ0n) is 16.6. The Morgan fingerprint density at radius 1 is 1.00 bits per heavy atom. The number of rotatable bonds is 7. The first-order valence-corrected chi connectivity index (χ1v) is 9.30. The molecule has 0 fully saturated rings. The Bertz CT molecular complexity index is 1010. The van der Waals surface area contributed by atoms with Crippen LogP contribution in [0.1, 0.15) is 16.7 Å². The van der Waals surface area contributed by atoms with Crippen molar-refractivity contribution in [3.63, 3.8) is 0 Å². The molecule has 8 N–H and O–H groups in total. The lowest BCUT2D eigenvalue weighted by atomic mass is 10.0. The van der Waals surface area contributed by atoms with Gasteiger partial charge >= 0.3 is 0 Å². The van der Waals surface area contributed by atoms with Crippen LogP contribution in [0.2, 0.25) is 0 Å². The molecule has 0 aliphatic carbocycles. The van der Waals surface area contributed by atoms with Gasteiger partial charge in [0.05, 0.1) is 5.69 Å². The molecular weight excluding hydrogens is 364 g/mol. The summed E-state index contributed by atoms with van der Waals surface area (Å²) in [6.45, 7) is 5.52. The molecule has 0 unspecified atom stereocenters. The van der Waals surface area contributed by atoms with Crippen molar-refractivity contribution in [3.05, 3.63) is 65.2 Å². The van der Waals surface area contributed by atoms with Crippen LogP contribution in [0.5, 0.6) is 0 Å². The number of nitrogens with zero attached hydrogens (tertiary/aromatic N) is 3. The summed E-state index contributed by atoms with van der Waals surface area (Å²) in [5.74, 6) is 6.43. The molecule has 8 heteroatoms. The second-order valence-corrected chi connectivity index (χ2v) is 6.69. The Labute approximate surface area is 170 Å². The molecule has 8 nitrogen and oxygen atoms in total. The highest BCUT2D eigenvalue weighted by molar-refractivity contribution is 5.97. The third-order valence-electron chi connectivity index (χ3n) is 4.70.